The van der Waals surface area contributed by atoms with Crippen LogP contribution in [-0.2, 0) is 0 Å². The number of fused-ring (bicyclic) bond motifs is 3. The molecule has 5 rings (SSSR count). The summed E-state index contributed by atoms with van der Waals surface area (Å²) in [6.45, 7) is 5.68. The molecule has 0 radical (unpaired) electrons. The van der Waals surface area contributed by atoms with Crippen LogP contribution in [0.4, 0.5) is 0 Å². The highest BCUT2D eigenvalue weighted by molar-refractivity contribution is 6.04. The van der Waals surface area contributed by atoms with E-state index in [4.69, 9.17) is 18.4 Å². The number of oxazole rings is 1. The topological polar surface area (TPSA) is 92.5 Å². The van der Waals surface area contributed by atoms with Gasteiger partial charge in [0.05, 0.1) is 43.2 Å². The minimum atomic E-state index is -0.466. The quantitative estimate of drug-likeness (QED) is 0.374. The number of benzene rings is 2. The molecule has 0 saturated carbocycles. The number of methoxy groups -OCH3 is 2. The summed E-state index contributed by atoms with van der Waals surface area (Å²) in [6.07, 6.45) is 1.58. The van der Waals surface area contributed by atoms with Crippen molar-refractivity contribution in [3.05, 3.63) is 70.2 Å². The molecule has 8 nitrogen and oxygen atoms in total. The normalized spacial score (nSPS) is 12.4. The van der Waals surface area contributed by atoms with Crippen LogP contribution in [-0.4, -0.2) is 28.9 Å². The molecule has 0 aliphatic rings. The summed E-state index contributed by atoms with van der Waals surface area (Å²) in [5.74, 6) is 1.54. The molecule has 5 aromatic rings. The summed E-state index contributed by atoms with van der Waals surface area (Å²) in [5.41, 5.74) is 5.06. The number of pyridine rings is 1. The first-order valence-electron chi connectivity index (χ1n) is 10.5. The summed E-state index contributed by atoms with van der Waals surface area (Å²) in [4.78, 5) is 17.5. The van der Waals surface area contributed by atoms with Gasteiger partial charge < -0.3 is 18.4 Å². The maximum atomic E-state index is 13.0. The van der Waals surface area contributed by atoms with Gasteiger partial charge in [0.2, 0.25) is 0 Å². The van der Waals surface area contributed by atoms with Crippen LogP contribution in [0.25, 0.3) is 33.1 Å². The highest BCUT2D eigenvalue weighted by Gasteiger charge is 2.24. The molecule has 0 aliphatic heterocycles. The van der Waals surface area contributed by atoms with E-state index < -0.39 is 5.76 Å². The van der Waals surface area contributed by atoms with Crippen molar-refractivity contribution in [3.63, 3.8) is 0 Å². The van der Waals surface area contributed by atoms with Crippen LogP contribution in [0.2, 0.25) is 0 Å². The number of ether oxygens (including phenoxy) is 2. The van der Waals surface area contributed by atoms with Crippen LogP contribution in [0.15, 0.2) is 56.3 Å². The van der Waals surface area contributed by atoms with Crippen molar-refractivity contribution >= 4 is 22.0 Å². The van der Waals surface area contributed by atoms with E-state index in [1.165, 1.54) is 0 Å². The monoisotopic (exact) mass is 445 g/mol. The molecular formula is C25H23N3O5. The van der Waals surface area contributed by atoms with Gasteiger partial charge in [0.15, 0.2) is 5.58 Å². The zero-order valence-electron chi connectivity index (χ0n) is 19.0. The van der Waals surface area contributed by atoms with Crippen molar-refractivity contribution in [2.24, 2.45) is 0 Å². The number of aromatic nitrogens is 3. The third-order valence-corrected chi connectivity index (χ3v) is 6.04. The molecule has 0 spiro atoms. The maximum Gasteiger partial charge on any atom is 0.420 e. The fraction of sp³-hybridized carbons (Fsp3) is 0.240. The van der Waals surface area contributed by atoms with Gasteiger partial charge >= 0.3 is 5.76 Å². The Balaban J connectivity index is 1.81. The van der Waals surface area contributed by atoms with Gasteiger partial charge in [0.25, 0.3) is 0 Å². The summed E-state index contributed by atoms with van der Waals surface area (Å²) < 4.78 is 23.8. The van der Waals surface area contributed by atoms with Crippen LogP contribution in [0.1, 0.15) is 30.0 Å². The Kier molecular flexibility index (Phi) is 4.92. The molecule has 8 heteroatoms. The molecule has 2 aromatic carbocycles. The van der Waals surface area contributed by atoms with Gasteiger partial charge in [-0.15, -0.1) is 0 Å². The average Bonchev–Trinajstić information content (AvgIpc) is 3.35. The van der Waals surface area contributed by atoms with E-state index in [9.17, 15) is 4.79 Å². The first-order chi connectivity index (χ1) is 15.9. The Morgan fingerprint density at radius 2 is 1.82 bits per heavy atom. The number of para-hydroxylation sites is 1. The van der Waals surface area contributed by atoms with Crippen molar-refractivity contribution in [2.45, 2.75) is 26.8 Å². The third-order valence-electron chi connectivity index (χ3n) is 6.04. The molecule has 33 heavy (non-hydrogen) atoms. The molecule has 0 N–H and O–H groups in total. The second-order valence-electron chi connectivity index (χ2n) is 7.90. The number of rotatable bonds is 5. The van der Waals surface area contributed by atoms with Crippen molar-refractivity contribution in [3.8, 4) is 22.6 Å². The Morgan fingerprint density at radius 1 is 1.06 bits per heavy atom. The number of hydrogen-bond donors (Lipinski definition) is 0. The lowest BCUT2D eigenvalue weighted by atomic mass is 10.00. The molecule has 0 amide bonds. The average molecular weight is 445 g/mol. The van der Waals surface area contributed by atoms with Crippen molar-refractivity contribution < 1.29 is 18.4 Å². The molecule has 1 atom stereocenters. The maximum absolute atomic E-state index is 13.0. The van der Waals surface area contributed by atoms with Crippen molar-refractivity contribution in [2.75, 3.05) is 14.2 Å². The minimum absolute atomic E-state index is 0.339. The van der Waals surface area contributed by atoms with Gasteiger partial charge in [0, 0.05) is 16.5 Å². The van der Waals surface area contributed by atoms with E-state index in [-0.39, 0.29) is 6.04 Å². The van der Waals surface area contributed by atoms with E-state index >= 15 is 0 Å². The molecule has 0 aliphatic carbocycles. The number of hydrogen-bond acceptors (Lipinski definition) is 7. The van der Waals surface area contributed by atoms with E-state index in [1.807, 2.05) is 57.2 Å². The molecule has 0 fully saturated rings. The predicted octanol–water partition coefficient (Wildman–Crippen LogP) is 5.04. The summed E-state index contributed by atoms with van der Waals surface area (Å²) in [5, 5.41) is 4.81. The predicted molar refractivity (Wildman–Crippen MR) is 124 cm³/mol. The molecule has 3 heterocycles. The van der Waals surface area contributed by atoms with Crippen molar-refractivity contribution in [1.82, 2.24) is 14.7 Å². The summed E-state index contributed by atoms with van der Waals surface area (Å²) in [6, 6.07) is 11.1. The zero-order chi connectivity index (χ0) is 23.3. The van der Waals surface area contributed by atoms with E-state index in [0.29, 0.717) is 33.9 Å². The standard InChI is InChI=1S/C25H23N3O5/c1-13-23(15(3)33-27-13)18-10-19-17(11-21(18)31-5)24-22(12-26-19)32-25(29)28(24)14(2)16-8-6-7-9-20(16)30-4/h6-12,14H,1-5H3. The SMILES string of the molecule is COc1cc2c(cc1-c1c(C)noc1C)ncc1oc(=O)n(C(C)c3ccccc3OC)c12. The Labute approximate surface area is 189 Å². The van der Waals surface area contributed by atoms with Gasteiger partial charge in [-0.25, -0.2) is 4.79 Å². The molecular weight excluding hydrogens is 422 g/mol. The fourth-order valence-electron chi connectivity index (χ4n) is 4.48. The van der Waals surface area contributed by atoms with E-state index in [1.54, 1.807) is 25.0 Å². The Morgan fingerprint density at radius 3 is 2.52 bits per heavy atom. The van der Waals surface area contributed by atoms with Crippen molar-refractivity contribution in [1.29, 1.82) is 0 Å². The Hall–Kier alpha value is -4.07. The van der Waals surface area contributed by atoms with Crippen LogP contribution >= 0.6 is 0 Å². The van der Waals surface area contributed by atoms with Crippen LogP contribution < -0.4 is 15.2 Å². The van der Waals surface area contributed by atoms with Gasteiger partial charge in [-0.2, -0.15) is 0 Å². The minimum Gasteiger partial charge on any atom is -0.496 e. The van der Waals surface area contributed by atoms with Crippen LogP contribution in [0, 0.1) is 13.8 Å². The second kappa shape index (κ2) is 7.81. The lowest BCUT2D eigenvalue weighted by Gasteiger charge is -2.17. The van der Waals surface area contributed by atoms with Gasteiger partial charge in [-0.1, -0.05) is 23.4 Å². The largest absolute Gasteiger partial charge is 0.496 e. The first-order valence-corrected chi connectivity index (χ1v) is 10.5. The van der Waals surface area contributed by atoms with E-state index in [2.05, 4.69) is 10.1 Å². The van der Waals surface area contributed by atoms with Gasteiger partial charge in [-0.3, -0.25) is 9.55 Å². The first kappa shape index (κ1) is 20.8. The fourth-order valence-corrected chi connectivity index (χ4v) is 4.48. The highest BCUT2D eigenvalue weighted by atomic mass is 16.5. The smallest absolute Gasteiger partial charge is 0.420 e. The molecule has 3 aromatic heterocycles. The molecule has 0 bridgehead atoms. The second-order valence-corrected chi connectivity index (χ2v) is 7.90. The van der Waals surface area contributed by atoms with Gasteiger partial charge in [-0.05, 0) is 39.0 Å². The lowest BCUT2D eigenvalue weighted by molar-refractivity contribution is 0.393. The summed E-state index contributed by atoms with van der Waals surface area (Å²) >= 11 is 0. The summed E-state index contributed by atoms with van der Waals surface area (Å²) in [7, 11) is 3.22. The Bertz CT molecular complexity index is 1540. The molecule has 0 saturated heterocycles. The number of nitrogens with zero attached hydrogens (tertiary/aromatic N) is 3. The van der Waals surface area contributed by atoms with E-state index in [0.717, 1.165) is 27.8 Å². The van der Waals surface area contributed by atoms with Gasteiger partial charge in [0.1, 0.15) is 22.8 Å². The number of aryl methyl sites for hydroxylation is 2. The third kappa shape index (κ3) is 3.17. The molecule has 1 unspecified atom stereocenters. The van der Waals surface area contributed by atoms with Crippen LogP contribution in [0.3, 0.4) is 0 Å². The van der Waals surface area contributed by atoms with Crippen LogP contribution in [0.5, 0.6) is 11.5 Å². The molecule has 168 valence electrons. The zero-order valence-corrected chi connectivity index (χ0v) is 19.0. The lowest BCUT2D eigenvalue weighted by Crippen LogP contribution is -2.19. The highest BCUT2D eigenvalue weighted by Crippen LogP contribution is 2.39.